The quantitative estimate of drug-likeness (QED) is 0.488. The second-order valence-electron chi connectivity index (χ2n) is 3.66. The van der Waals surface area contributed by atoms with Crippen LogP contribution >= 0.6 is 0 Å². The first-order chi connectivity index (χ1) is 7.50. The molecule has 7 nitrogen and oxygen atoms in total. The maximum Gasteiger partial charge on any atom is 0.287 e. The molecule has 0 radical (unpaired) electrons. The molecule has 0 fully saturated rings. The van der Waals surface area contributed by atoms with Gasteiger partial charge in [-0.25, -0.2) is 4.98 Å². The van der Waals surface area contributed by atoms with Crippen molar-refractivity contribution in [3.05, 3.63) is 28.4 Å². The Balaban J connectivity index is 2.79. The van der Waals surface area contributed by atoms with E-state index >= 15 is 0 Å². The van der Waals surface area contributed by atoms with Crippen LogP contribution in [-0.2, 0) is 0 Å². The molecule has 0 bridgehead atoms. The topological polar surface area (TPSA) is 109 Å². The van der Waals surface area contributed by atoms with Crippen LogP contribution in [-0.4, -0.2) is 38.9 Å². The van der Waals surface area contributed by atoms with Crippen LogP contribution in [0, 0.1) is 10.1 Å². The summed E-state index contributed by atoms with van der Waals surface area (Å²) in [4.78, 5) is 13.6. The van der Waals surface area contributed by atoms with Crippen molar-refractivity contribution >= 4 is 11.5 Å². The van der Waals surface area contributed by atoms with Gasteiger partial charge in [0.2, 0.25) is 0 Å². The summed E-state index contributed by atoms with van der Waals surface area (Å²) in [6, 6.07) is 2.71. The standard InChI is InChI=1S/C9H13N3O4/c1-9(5-13,6-14)11-8-3-2-7(4-10-8)12(15)16/h2-4,13-14H,5-6H2,1H3,(H,10,11). The summed E-state index contributed by atoms with van der Waals surface area (Å²) in [5.41, 5.74) is -1.01. The van der Waals surface area contributed by atoms with Crippen molar-refractivity contribution in [3.63, 3.8) is 0 Å². The second kappa shape index (κ2) is 4.86. The van der Waals surface area contributed by atoms with Crippen molar-refractivity contribution in [3.8, 4) is 0 Å². The van der Waals surface area contributed by atoms with Crippen LogP contribution in [0.2, 0.25) is 0 Å². The molecule has 1 aromatic heterocycles. The summed E-state index contributed by atoms with van der Waals surface area (Å²) in [5.74, 6) is 0.358. The number of hydrogen-bond donors (Lipinski definition) is 3. The first-order valence-electron chi connectivity index (χ1n) is 4.61. The van der Waals surface area contributed by atoms with Gasteiger partial charge in [-0.05, 0) is 13.0 Å². The summed E-state index contributed by atoms with van der Waals surface area (Å²) in [6.07, 6.45) is 1.11. The molecule has 0 saturated heterocycles. The minimum Gasteiger partial charge on any atom is -0.394 e. The minimum absolute atomic E-state index is 0.111. The second-order valence-corrected chi connectivity index (χ2v) is 3.66. The van der Waals surface area contributed by atoms with Crippen LogP contribution in [0.5, 0.6) is 0 Å². The fourth-order valence-electron chi connectivity index (χ4n) is 1.01. The number of nitrogens with zero attached hydrogens (tertiary/aromatic N) is 2. The van der Waals surface area contributed by atoms with E-state index in [2.05, 4.69) is 10.3 Å². The van der Waals surface area contributed by atoms with Crippen LogP contribution in [0.3, 0.4) is 0 Å². The van der Waals surface area contributed by atoms with Crippen molar-refractivity contribution < 1.29 is 15.1 Å². The van der Waals surface area contributed by atoms with Gasteiger partial charge in [-0.15, -0.1) is 0 Å². The summed E-state index contributed by atoms with van der Waals surface area (Å²) in [7, 11) is 0. The van der Waals surface area contributed by atoms with Crippen molar-refractivity contribution in [1.82, 2.24) is 4.98 Å². The fourth-order valence-corrected chi connectivity index (χ4v) is 1.01. The van der Waals surface area contributed by atoms with Gasteiger partial charge < -0.3 is 15.5 Å². The molecule has 0 amide bonds. The molecule has 0 spiro atoms. The Labute approximate surface area is 91.9 Å². The van der Waals surface area contributed by atoms with E-state index in [-0.39, 0.29) is 18.9 Å². The molecular formula is C9H13N3O4. The molecule has 0 saturated carbocycles. The normalized spacial score (nSPS) is 11.2. The van der Waals surface area contributed by atoms with Gasteiger partial charge in [0.15, 0.2) is 0 Å². The SMILES string of the molecule is CC(CO)(CO)Nc1ccc([N+](=O)[O-])cn1. The fraction of sp³-hybridized carbons (Fsp3) is 0.444. The zero-order valence-electron chi connectivity index (χ0n) is 8.75. The molecule has 3 N–H and O–H groups in total. The zero-order valence-corrected chi connectivity index (χ0v) is 8.75. The lowest BCUT2D eigenvalue weighted by Crippen LogP contribution is -2.42. The molecule has 0 aliphatic rings. The average Bonchev–Trinajstić information content (AvgIpc) is 2.29. The number of nitro groups is 1. The molecular weight excluding hydrogens is 214 g/mol. The molecule has 1 aromatic rings. The van der Waals surface area contributed by atoms with Crippen molar-refractivity contribution in [2.75, 3.05) is 18.5 Å². The minimum atomic E-state index is -0.900. The number of rotatable bonds is 5. The van der Waals surface area contributed by atoms with E-state index in [1.165, 1.54) is 12.1 Å². The van der Waals surface area contributed by atoms with E-state index in [4.69, 9.17) is 10.2 Å². The van der Waals surface area contributed by atoms with Crippen LogP contribution in [0.4, 0.5) is 11.5 Å². The van der Waals surface area contributed by atoms with Gasteiger partial charge >= 0.3 is 0 Å². The average molecular weight is 227 g/mol. The molecule has 0 aromatic carbocycles. The summed E-state index contributed by atoms with van der Waals surface area (Å²) in [5, 5.41) is 31.2. The number of aliphatic hydroxyl groups excluding tert-OH is 2. The predicted octanol–water partition coefficient (Wildman–Crippen LogP) is 0.145. The summed E-state index contributed by atoms with van der Waals surface area (Å²) < 4.78 is 0. The highest BCUT2D eigenvalue weighted by Crippen LogP contribution is 2.15. The van der Waals surface area contributed by atoms with E-state index in [1.807, 2.05) is 0 Å². The van der Waals surface area contributed by atoms with Crippen LogP contribution in [0.1, 0.15) is 6.92 Å². The molecule has 1 rings (SSSR count). The van der Waals surface area contributed by atoms with E-state index in [0.29, 0.717) is 5.82 Å². The van der Waals surface area contributed by atoms with Gasteiger partial charge in [0.1, 0.15) is 12.0 Å². The number of nitrogens with one attached hydrogen (secondary N) is 1. The Hall–Kier alpha value is -1.73. The number of anilines is 1. The first kappa shape index (κ1) is 12.3. The zero-order chi connectivity index (χ0) is 12.2. The maximum absolute atomic E-state index is 10.4. The Kier molecular flexibility index (Phi) is 3.75. The smallest absolute Gasteiger partial charge is 0.287 e. The van der Waals surface area contributed by atoms with Crippen LogP contribution < -0.4 is 5.32 Å². The largest absolute Gasteiger partial charge is 0.394 e. The number of pyridine rings is 1. The van der Waals surface area contributed by atoms with Crippen molar-refractivity contribution in [2.24, 2.45) is 0 Å². The Bertz CT molecular complexity index is 362. The summed E-state index contributed by atoms with van der Waals surface area (Å²) in [6.45, 7) is 1.06. The lowest BCUT2D eigenvalue weighted by Gasteiger charge is -2.26. The van der Waals surface area contributed by atoms with Gasteiger partial charge in [0, 0.05) is 6.07 Å². The third-order valence-corrected chi connectivity index (χ3v) is 2.09. The van der Waals surface area contributed by atoms with E-state index in [9.17, 15) is 10.1 Å². The lowest BCUT2D eigenvalue weighted by molar-refractivity contribution is -0.385. The molecule has 0 unspecified atom stereocenters. The highest BCUT2D eigenvalue weighted by atomic mass is 16.6. The van der Waals surface area contributed by atoms with E-state index in [0.717, 1.165) is 6.20 Å². The third-order valence-electron chi connectivity index (χ3n) is 2.09. The van der Waals surface area contributed by atoms with E-state index in [1.54, 1.807) is 6.92 Å². The first-order valence-corrected chi connectivity index (χ1v) is 4.61. The Morgan fingerprint density at radius 1 is 1.50 bits per heavy atom. The molecule has 16 heavy (non-hydrogen) atoms. The van der Waals surface area contributed by atoms with Crippen molar-refractivity contribution in [1.29, 1.82) is 0 Å². The van der Waals surface area contributed by atoms with Gasteiger partial charge in [-0.3, -0.25) is 10.1 Å². The molecule has 0 atom stereocenters. The molecule has 1 heterocycles. The summed E-state index contributed by atoms with van der Waals surface area (Å²) >= 11 is 0. The Morgan fingerprint density at radius 2 is 2.12 bits per heavy atom. The van der Waals surface area contributed by atoms with Crippen LogP contribution in [0.25, 0.3) is 0 Å². The number of aliphatic hydroxyl groups is 2. The maximum atomic E-state index is 10.4. The van der Waals surface area contributed by atoms with Crippen LogP contribution in [0.15, 0.2) is 18.3 Å². The van der Waals surface area contributed by atoms with Gasteiger partial charge in [0.05, 0.1) is 23.7 Å². The van der Waals surface area contributed by atoms with Gasteiger partial charge in [-0.2, -0.15) is 0 Å². The highest BCUT2D eigenvalue weighted by molar-refractivity contribution is 5.42. The lowest BCUT2D eigenvalue weighted by atomic mass is 10.1. The molecule has 88 valence electrons. The molecule has 0 aliphatic carbocycles. The van der Waals surface area contributed by atoms with Gasteiger partial charge in [0.25, 0.3) is 5.69 Å². The van der Waals surface area contributed by atoms with E-state index < -0.39 is 10.5 Å². The molecule has 0 aliphatic heterocycles. The van der Waals surface area contributed by atoms with Gasteiger partial charge in [-0.1, -0.05) is 0 Å². The predicted molar refractivity (Wildman–Crippen MR) is 57.1 cm³/mol. The van der Waals surface area contributed by atoms with Crippen molar-refractivity contribution in [2.45, 2.75) is 12.5 Å². The number of aromatic nitrogens is 1. The number of hydrogen-bond acceptors (Lipinski definition) is 6. The monoisotopic (exact) mass is 227 g/mol. The highest BCUT2D eigenvalue weighted by Gasteiger charge is 2.22. The molecule has 7 heteroatoms. The third kappa shape index (κ3) is 2.88. The Morgan fingerprint density at radius 3 is 2.50 bits per heavy atom.